The molecule has 2 saturated heterocycles. The Morgan fingerprint density at radius 1 is 1.32 bits per heavy atom. The van der Waals surface area contributed by atoms with Gasteiger partial charge in [0.05, 0.1) is 0 Å². The van der Waals surface area contributed by atoms with Gasteiger partial charge in [-0.05, 0) is 61.9 Å². The van der Waals surface area contributed by atoms with Gasteiger partial charge in [0.25, 0.3) is 0 Å². The zero-order chi connectivity index (χ0) is 18.2. The average molecular weight is 348 g/mol. The number of carbonyl (C=O) groups excluding carboxylic acids is 1. The van der Waals surface area contributed by atoms with Gasteiger partial charge < -0.3 is 10.0 Å². The number of benzene rings is 1. The molecule has 1 aromatic carbocycles. The molecule has 1 unspecified atom stereocenters. The highest BCUT2D eigenvalue weighted by Crippen LogP contribution is 2.43. The second-order valence-corrected chi connectivity index (χ2v) is 7.51. The molecule has 1 N–H and O–H groups in total. The van der Waals surface area contributed by atoms with Gasteiger partial charge in [-0.15, -0.1) is 0 Å². The molecule has 2 fully saturated rings. The summed E-state index contributed by atoms with van der Waals surface area (Å²) in [7, 11) is 0. The first-order chi connectivity index (χ1) is 11.8. The fourth-order valence-corrected chi connectivity index (χ4v) is 4.22. The fraction of sp³-hybridized carbons (Fsp3) is 0.579. The lowest BCUT2D eigenvalue weighted by Gasteiger charge is -2.39. The van der Waals surface area contributed by atoms with Crippen molar-refractivity contribution >= 4 is 11.9 Å². The number of hydrogen-bond donors (Lipinski definition) is 1. The normalized spacial score (nSPS) is 23.2. The van der Waals surface area contributed by atoms with E-state index in [-0.39, 0.29) is 17.1 Å². The van der Waals surface area contributed by atoms with Crippen LogP contribution >= 0.6 is 0 Å². The molecular formula is C19H25FN2O3. The summed E-state index contributed by atoms with van der Waals surface area (Å²) in [6.45, 7) is 6.17. The summed E-state index contributed by atoms with van der Waals surface area (Å²) < 4.78 is 13.7. The van der Waals surface area contributed by atoms with E-state index >= 15 is 0 Å². The zero-order valence-electron chi connectivity index (χ0n) is 14.8. The van der Waals surface area contributed by atoms with Gasteiger partial charge in [0.15, 0.2) is 0 Å². The first-order valence-corrected chi connectivity index (χ1v) is 8.78. The number of amides is 1. The molecule has 1 amide bonds. The standard InChI is InChI=1S/C19H25FN2O3/c1-13-15(4-3-5-16(13)20)11-21-8-6-19(7-9-21)10-17(18(24)25)22(12-19)14(2)23/h3-5,17H,6-12H2,1-2H3,(H,24,25). The van der Waals surface area contributed by atoms with Gasteiger partial charge in [0.2, 0.25) is 5.91 Å². The molecule has 0 aliphatic carbocycles. The summed E-state index contributed by atoms with van der Waals surface area (Å²) in [5.41, 5.74) is 1.59. The van der Waals surface area contributed by atoms with Crippen LogP contribution in [-0.2, 0) is 16.1 Å². The smallest absolute Gasteiger partial charge is 0.326 e. The van der Waals surface area contributed by atoms with E-state index in [1.165, 1.54) is 17.9 Å². The monoisotopic (exact) mass is 348 g/mol. The van der Waals surface area contributed by atoms with Crippen molar-refractivity contribution in [1.29, 1.82) is 0 Å². The lowest BCUT2D eigenvalue weighted by atomic mass is 9.76. The highest BCUT2D eigenvalue weighted by atomic mass is 19.1. The minimum Gasteiger partial charge on any atom is -0.480 e. The van der Waals surface area contributed by atoms with Crippen LogP contribution in [0.1, 0.15) is 37.3 Å². The van der Waals surface area contributed by atoms with E-state index in [1.54, 1.807) is 13.0 Å². The van der Waals surface area contributed by atoms with E-state index in [0.29, 0.717) is 25.1 Å². The Bertz CT molecular complexity index is 659. The van der Waals surface area contributed by atoms with Gasteiger partial charge >= 0.3 is 5.97 Å². The summed E-state index contributed by atoms with van der Waals surface area (Å²) in [6, 6.07) is 4.47. The predicted octanol–water partition coefficient (Wildman–Crippen LogP) is 2.42. The number of aliphatic carboxylic acids is 1. The van der Waals surface area contributed by atoms with Crippen molar-refractivity contribution < 1.29 is 19.1 Å². The highest BCUT2D eigenvalue weighted by molar-refractivity contribution is 5.83. The van der Waals surface area contributed by atoms with Crippen molar-refractivity contribution in [1.82, 2.24) is 9.80 Å². The number of likely N-dealkylation sites (tertiary alicyclic amines) is 2. The fourth-order valence-electron chi connectivity index (χ4n) is 4.22. The van der Waals surface area contributed by atoms with Gasteiger partial charge in [-0.3, -0.25) is 9.69 Å². The summed E-state index contributed by atoms with van der Waals surface area (Å²) in [5.74, 6) is -1.25. The van der Waals surface area contributed by atoms with Gasteiger partial charge in [0.1, 0.15) is 11.9 Å². The Morgan fingerprint density at radius 2 is 2.00 bits per heavy atom. The molecule has 6 heteroatoms. The maximum Gasteiger partial charge on any atom is 0.326 e. The van der Waals surface area contributed by atoms with E-state index in [9.17, 15) is 19.1 Å². The van der Waals surface area contributed by atoms with Crippen LogP contribution in [-0.4, -0.2) is 52.5 Å². The summed E-state index contributed by atoms with van der Waals surface area (Å²) >= 11 is 0. The number of piperidine rings is 1. The van der Waals surface area contributed by atoms with E-state index in [0.717, 1.165) is 31.5 Å². The molecule has 1 aromatic rings. The van der Waals surface area contributed by atoms with Crippen molar-refractivity contribution in [2.45, 2.75) is 45.7 Å². The van der Waals surface area contributed by atoms with Crippen molar-refractivity contribution in [2.24, 2.45) is 5.41 Å². The molecule has 25 heavy (non-hydrogen) atoms. The van der Waals surface area contributed by atoms with Crippen molar-refractivity contribution in [3.8, 4) is 0 Å². The van der Waals surface area contributed by atoms with Crippen molar-refractivity contribution in [3.63, 3.8) is 0 Å². The molecule has 2 heterocycles. The maximum absolute atomic E-state index is 13.7. The van der Waals surface area contributed by atoms with Crippen LogP contribution in [0.3, 0.4) is 0 Å². The molecule has 1 atom stereocenters. The Labute approximate surface area is 147 Å². The molecule has 2 aliphatic heterocycles. The van der Waals surface area contributed by atoms with Crippen LogP contribution < -0.4 is 0 Å². The second-order valence-electron chi connectivity index (χ2n) is 7.51. The summed E-state index contributed by atoms with van der Waals surface area (Å²) in [4.78, 5) is 27.1. The maximum atomic E-state index is 13.7. The number of halogens is 1. The van der Waals surface area contributed by atoms with E-state index in [2.05, 4.69) is 4.90 Å². The quantitative estimate of drug-likeness (QED) is 0.911. The Balaban J connectivity index is 1.65. The topological polar surface area (TPSA) is 60.9 Å². The predicted molar refractivity (Wildman–Crippen MR) is 91.5 cm³/mol. The number of hydrogen-bond acceptors (Lipinski definition) is 3. The van der Waals surface area contributed by atoms with Crippen LogP contribution in [0.4, 0.5) is 4.39 Å². The molecular weight excluding hydrogens is 323 g/mol. The second kappa shape index (κ2) is 6.75. The van der Waals surface area contributed by atoms with Crippen LogP contribution in [0.2, 0.25) is 0 Å². The molecule has 2 aliphatic rings. The SMILES string of the molecule is CC(=O)N1CC2(CCN(Cc3cccc(F)c3C)CC2)CC1C(=O)O. The third kappa shape index (κ3) is 3.54. The third-order valence-electron chi connectivity index (χ3n) is 5.89. The molecule has 136 valence electrons. The number of carboxylic acids is 1. The first-order valence-electron chi connectivity index (χ1n) is 8.78. The number of rotatable bonds is 3. The van der Waals surface area contributed by atoms with E-state index in [4.69, 9.17) is 0 Å². The lowest BCUT2D eigenvalue weighted by Crippen LogP contribution is -2.42. The minimum absolute atomic E-state index is 0.0950. The third-order valence-corrected chi connectivity index (χ3v) is 5.89. The van der Waals surface area contributed by atoms with Crippen LogP contribution in [0.25, 0.3) is 0 Å². The molecule has 0 bridgehead atoms. The Kier molecular flexibility index (Phi) is 4.82. The van der Waals surface area contributed by atoms with Gasteiger partial charge in [-0.1, -0.05) is 12.1 Å². The first kappa shape index (κ1) is 17.9. The average Bonchev–Trinajstić information content (AvgIpc) is 2.94. The number of nitrogens with zero attached hydrogens (tertiary/aromatic N) is 2. The molecule has 1 spiro atoms. The van der Waals surface area contributed by atoms with Gasteiger partial charge in [-0.2, -0.15) is 0 Å². The minimum atomic E-state index is -0.912. The molecule has 5 nitrogen and oxygen atoms in total. The van der Waals surface area contributed by atoms with E-state index in [1.807, 2.05) is 6.07 Å². The van der Waals surface area contributed by atoms with Gasteiger partial charge in [0, 0.05) is 20.0 Å². The van der Waals surface area contributed by atoms with Crippen molar-refractivity contribution in [3.05, 3.63) is 35.1 Å². The summed E-state index contributed by atoms with van der Waals surface area (Å²) in [5, 5.41) is 9.41. The molecule has 0 radical (unpaired) electrons. The number of carbonyl (C=O) groups is 2. The Morgan fingerprint density at radius 3 is 2.56 bits per heavy atom. The van der Waals surface area contributed by atoms with Crippen molar-refractivity contribution in [2.75, 3.05) is 19.6 Å². The van der Waals surface area contributed by atoms with Gasteiger partial charge in [-0.25, -0.2) is 9.18 Å². The van der Waals surface area contributed by atoms with Crippen LogP contribution in [0.5, 0.6) is 0 Å². The molecule has 0 saturated carbocycles. The molecule has 0 aromatic heterocycles. The lowest BCUT2D eigenvalue weighted by molar-refractivity contribution is -0.147. The largest absolute Gasteiger partial charge is 0.480 e. The van der Waals surface area contributed by atoms with Crippen LogP contribution in [0.15, 0.2) is 18.2 Å². The Hall–Kier alpha value is -1.95. The zero-order valence-corrected chi connectivity index (χ0v) is 14.8. The molecule has 3 rings (SSSR count). The van der Waals surface area contributed by atoms with E-state index < -0.39 is 12.0 Å². The summed E-state index contributed by atoms with van der Waals surface area (Å²) in [6.07, 6.45) is 2.28. The van der Waals surface area contributed by atoms with Crippen LogP contribution in [0, 0.1) is 18.2 Å². The highest BCUT2D eigenvalue weighted by Gasteiger charge is 2.49. The number of carboxylic acid groups (broad SMARTS) is 1.